The summed E-state index contributed by atoms with van der Waals surface area (Å²) in [6.07, 6.45) is 3.00. The maximum atomic E-state index is 13.3. The van der Waals surface area contributed by atoms with E-state index in [9.17, 15) is 9.59 Å². The van der Waals surface area contributed by atoms with Crippen LogP contribution in [0.1, 0.15) is 52.0 Å². The van der Waals surface area contributed by atoms with Gasteiger partial charge in [-0.25, -0.2) is 0 Å². The number of nitrogens with zero attached hydrogens (tertiary/aromatic N) is 1. The fraction of sp³-hybridized carbons (Fsp3) is 0.429. The number of esters is 1. The van der Waals surface area contributed by atoms with Gasteiger partial charge in [-0.3, -0.25) is 9.59 Å². The number of hydrogen-bond acceptors (Lipinski definition) is 4. The minimum Gasteiger partial charge on any atom is -0.461 e. The molecule has 0 unspecified atom stereocenters. The van der Waals surface area contributed by atoms with E-state index in [-0.39, 0.29) is 18.5 Å². The quantitative estimate of drug-likeness (QED) is 0.628. The molecule has 4 nitrogen and oxygen atoms in total. The maximum Gasteiger partial charge on any atom is 0.302 e. The molecule has 0 radical (unpaired) electrons. The van der Waals surface area contributed by atoms with Crippen molar-refractivity contribution in [1.82, 2.24) is 0 Å². The number of hydrogen-bond donors (Lipinski definition) is 0. The number of carbonyl (C=O) groups is 2. The van der Waals surface area contributed by atoms with Crippen molar-refractivity contribution in [3.05, 3.63) is 49.1 Å². The Balaban J connectivity index is 1.68. The van der Waals surface area contributed by atoms with Crippen molar-refractivity contribution in [3.8, 4) is 0 Å². The molecule has 2 aliphatic rings. The van der Waals surface area contributed by atoms with Gasteiger partial charge in [0.2, 0.25) is 0 Å². The van der Waals surface area contributed by atoms with Gasteiger partial charge < -0.3 is 9.64 Å². The van der Waals surface area contributed by atoms with E-state index in [1.54, 1.807) is 11.3 Å². The summed E-state index contributed by atoms with van der Waals surface area (Å²) >= 11 is 5.21. The first kappa shape index (κ1) is 18.7. The predicted molar refractivity (Wildman–Crippen MR) is 111 cm³/mol. The van der Waals surface area contributed by atoms with Crippen LogP contribution < -0.4 is 4.90 Å². The molecule has 1 aromatic carbocycles. The molecule has 27 heavy (non-hydrogen) atoms. The lowest BCUT2D eigenvalue weighted by Gasteiger charge is -2.30. The second kappa shape index (κ2) is 6.74. The molecule has 2 aromatic rings. The average molecular weight is 448 g/mol. The predicted octanol–water partition coefficient (Wildman–Crippen LogP) is 4.90. The fourth-order valence-corrected chi connectivity index (χ4v) is 6.15. The SMILES string of the molecule is CC(=O)OCc1c(Br)cccc1N1CCc2c(sc3c2CC(C)(C)C3)C1=O. The maximum absolute atomic E-state index is 13.3. The van der Waals surface area contributed by atoms with Crippen molar-refractivity contribution in [1.29, 1.82) is 0 Å². The average Bonchev–Trinajstić information content (AvgIpc) is 3.06. The van der Waals surface area contributed by atoms with Crippen molar-refractivity contribution in [2.75, 3.05) is 11.4 Å². The first-order valence-corrected chi connectivity index (χ1v) is 10.7. The number of fused-ring (bicyclic) bond motifs is 3. The summed E-state index contributed by atoms with van der Waals surface area (Å²) in [6, 6.07) is 5.75. The van der Waals surface area contributed by atoms with Gasteiger partial charge in [0.05, 0.1) is 10.6 Å². The molecule has 0 bridgehead atoms. The topological polar surface area (TPSA) is 46.6 Å². The largest absolute Gasteiger partial charge is 0.461 e. The van der Waals surface area contributed by atoms with Gasteiger partial charge in [-0.05, 0) is 47.9 Å². The third-order valence-electron chi connectivity index (χ3n) is 5.32. The highest BCUT2D eigenvalue weighted by molar-refractivity contribution is 9.10. The van der Waals surface area contributed by atoms with Crippen LogP contribution in [0.4, 0.5) is 5.69 Å². The molecule has 1 aromatic heterocycles. The lowest BCUT2D eigenvalue weighted by molar-refractivity contribution is -0.142. The second-order valence-corrected chi connectivity index (χ2v) is 10.0. The van der Waals surface area contributed by atoms with Crippen LogP contribution in [0.25, 0.3) is 0 Å². The number of ether oxygens (including phenoxy) is 1. The zero-order valence-corrected chi connectivity index (χ0v) is 18.1. The van der Waals surface area contributed by atoms with Crippen LogP contribution >= 0.6 is 27.3 Å². The fourth-order valence-electron chi connectivity index (χ4n) is 4.11. The van der Waals surface area contributed by atoms with E-state index in [0.29, 0.717) is 12.0 Å². The summed E-state index contributed by atoms with van der Waals surface area (Å²) in [6.45, 7) is 6.79. The Morgan fingerprint density at radius 1 is 1.30 bits per heavy atom. The van der Waals surface area contributed by atoms with E-state index in [4.69, 9.17) is 4.74 Å². The second-order valence-electron chi connectivity index (χ2n) is 8.05. The van der Waals surface area contributed by atoms with Crippen molar-refractivity contribution in [2.45, 2.75) is 46.6 Å². The molecular formula is C21H22BrNO3S. The van der Waals surface area contributed by atoms with E-state index in [1.165, 1.54) is 22.9 Å². The van der Waals surface area contributed by atoms with E-state index >= 15 is 0 Å². The summed E-state index contributed by atoms with van der Waals surface area (Å²) in [5, 5.41) is 0. The minimum atomic E-state index is -0.332. The summed E-state index contributed by atoms with van der Waals surface area (Å²) in [4.78, 5) is 28.7. The Morgan fingerprint density at radius 2 is 2.07 bits per heavy atom. The van der Waals surface area contributed by atoms with Gasteiger partial charge in [0, 0.05) is 28.4 Å². The van der Waals surface area contributed by atoms with E-state index in [2.05, 4.69) is 29.8 Å². The number of anilines is 1. The lowest BCUT2D eigenvalue weighted by Crippen LogP contribution is -2.37. The van der Waals surface area contributed by atoms with Gasteiger partial charge in [0.25, 0.3) is 5.91 Å². The Morgan fingerprint density at radius 3 is 2.81 bits per heavy atom. The van der Waals surface area contributed by atoms with Crippen LogP contribution in [0.15, 0.2) is 22.7 Å². The Hall–Kier alpha value is -1.66. The smallest absolute Gasteiger partial charge is 0.302 e. The molecule has 6 heteroatoms. The molecule has 0 saturated heterocycles. The Kier molecular flexibility index (Phi) is 4.67. The number of benzene rings is 1. The summed E-state index contributed by atoms with van der Waals surface area (Å²) < 4.78 is 6.06. The van der Waals surface area contributed by atoms with Crippen LogP contribution in [0.2, 0.25) is 0 Å². The molecule has 2 heterocycles. The number of carbonyl (C=O) groups excluding carboxylic acids is 2. The third-order valence-corrected chi connectivity index (χ3v) is 7.33. The number of amides is 1. The molecule has 0 N–H and O–H groups in total. The van der Waals surface area contributed by atoms with E-state index < -0.39 is 0 Å². The molecule has 0 saturated carbocycles. The first-order chi connectivity index (χ1) is 12.8. The van der Waals surface area contributed by atoms with Gasteiger partial charge in [0.15, 0.2) is 0 Å². The Labute approximate surface area is 171 Å². The Bertz CT molecular complexity index is 947. The number of rotatable bonds is 3. The first-order valence-electron chi connectivity index (χ1n) is 9.13. The monoisotopic (exact) mass is 447 g/mol. The summed E-state index contributed by atoms with van der Waals surface area (Å²) in [5.74, 6) is -0.267. The van der Waals surface area contributed by atoms with E-state index in [1.807, 2.05) is 23.1 Å². The van der Waals surface area contributed by atoms with Crippen LogP contribution in [-0.4, -0.2) is 18.4 Å². The number of thiophene rings is 1. The van der Waals surface area contributed by atoms with Crippen molar-refractivity contribution < 1.29 is 14.3 Å². The van der Waals surface area contributed by atoms with Crippen LogP contribution in [0.3, 0.4) is 0 Å². The van der Waals surface area contributed by atoms with Crippen LogP contribution in [-0.2, 0) is 35.4 Å². The standard InChI is InChI=1S/C21H22BrNO3S/c1-12(24)26-11-15-16(22)5-4-6-17(15)23-8-7-13-14-9-21(2,3)10-18(14)27-19(13)20(23)25/h4-6H,7-11H2,1-3H3. The van der Waals surface area contributed by atoms with Gasteiger partial charge in [0.1, 0.15) is 6.61 Å². The normalized spacial score (nSPS) is 17.6. The zero-order chi connectivity index (χ0) is 19.3. The molecule has 1 amide bonds. The zero-order valence-electron chi connectivity index (χ0n) is 15.7. The molecule has 142 valence electrons. The molecule has 0 fully saturated rings. The highest BCUT2D eigenvalue weighted by Crippen LogP contribution is 2.46. The highest BCUT2D eigenvalue weighted by Gasteiger charge is 2.38. The minimum absolute atomic E-state index is 0.0654. The van der Waals surface area contributed by atoms with Crippen LogP contribution in [0.5, 0.6) is 0 Å². The van der Waals surface area contributed by atoms with Crippen molar-refractivity contribution in [3.63, 3.8) is 0 Å². The molecule has 1 aliphatic carbocycles. The molecular weight excluding hydrogens is 426 g/mol. The molecule has 4 rings (SSSR count). The van der Waals surface area contributed by atoms with Gasteiger partial charge in [-0.15, -0.1) is 11.3 Å². The third kappa shape index (κ3) is 3.34. The lowest BCUT2D eigenvalue weighted by atomic mass is 9.89. The molecule has 1 aliphatic heterocycles. The highest BCUT2D eigenvalue weighted by atomic mass is 79.9. The molecule has 0 atom stereocenters. The molecule has 0 spiro atoms. The summed E-state index contributed by atoms with van der Waals surface area (Å²) in [5.41, 5.74) is 4.63. The van der Waals surface area contributed by atoms with Crippen LogP contribution in [0, 0.1) is 5.41 Å². The summed E-state index contributed by atoms with van der Waals surface area (Å²) in [7, 11) is 0. The van der Waals surface area contributed by atoms with Crippen molar-refractivity contribution >= 4 is 44.8 Å². The van der Waals surface area contributed by atoms with Gasteiger partial charge in [-0.2, -0.15) is 0 Å². The van der Waals surface area contributed by atoms with Crippen molar-refractivity contribution in [2.24, 2.45) is 5.41 Å². The van der Waals surface area contributed by atoms with Gasteiger partial charge >= 0.3 is 5.97 Å². The van der Waals surface area contributed by atoms with Gasteiger partial charge in [-0.1, -0.05) is 35.8 Å². The number of halogens is 1. The van der Waals surface area contributed by atoms with E-state index in [0.717, 1.165) is 39.9 Å².